The zero-order chi connectivity index (χ0) is 15.2. The molecule has 1 unspecified atom stereocenters. The fourth-order valence-electron chi connectivity index (χ4n) is 2.75. The highest BCUT2D eigenvalue weighted by molar-refractivity contribution is 5.01. The lowest BCUT2D eigenvalue weighted by Crippen LogP contribution is -2.39. The summed E-state index contributed by atoms with van der Waals surface area (Å²) in [5, 5.41) is 7.21. The monoisotopic (exact) mass is 282 g/mol. The highest BCUT2D eigenvalue weighted by Crippen LogP contribution is 2.12. The molecule has 0 spiro atoms. The van der Waals surface area contributed by atoms with Crippen LogP contribution < -0.4 is 10.6 Å². The third-order valence-corrected chi connectivity index (χ3v) is 3.55. The molecule has 0 aliphatic heterocycles. The lowest BCUT2D eigenvalue weighted by atomic mass is 10.0. The lowest BCUT2D eigenvalue weighted by Gasteiger charge is -2.20. The fraction of sp³-hybridized carbons (Fsp3) is 0.889. The Labute approximate surface area is 127 Å². The molecule has 20 heavy (non-hydrogen) atoms. The number of hydrogen-bond donors (Lipinski definition) is 2. The molecular formula is C18H38N2. The normalized spacial score (nSPS) is 14.0. The van der Waals surface area contributed by atoms with E-state index < -0.39 is 0 Å². The van der Waals surface area contributed by atoms with Crippen LogP contribution in [-0.2, 0) is 0 Å². The van der Waals surface area contributed by atoms with Crippen LogP contribution in [0, 0.1) is 5.92 Å². The van der Waals surface area contributed by atoms with Crippen LogP contribution >= 0.6 is 0 Å². The van der Waals surface area contributed by atoms with Crippen molar-refractivity contribution < 1.29 is 0 Å². The molecule has 0 heterocycles. The first-order valence-corrected chi connectivity index (χ1v) is 8.75. The van der Waals surface area contributed by atoms with Crippen molar-refractivity contribution in [1.29, 1.82) is 0 Å². The topological polar surface area (TPSA) is 24.1 Å². The van der Waals surface area contributed by atoms with Crippen LogP contribution in [0.3, 0.4) is 0 Å². The molecule has 0 amide bonds. The Kier molecular flexibility index (Phi) is 13.4. The van der Waals surface area contributed by atoms with E-state index in [1.54, 1.807) is 5.57 Å². The van der Waals surface area contributed by atoms with E-state index in [0.717, 1.165) is 25.6 Å². The third-order valence-electron chi connectivity index (χ3n) is 3.55. The van der Waals surface area contributed by atoms with E-state index in [1.165, 1.54) is 38.5 Å². The van der Waals surface area contributed by atoms with Crippen molar-refractivity contribution in [1.82, 2.24) is 10.6 Å². The molecule has 0 radical (unpaired) electrons. The van der Waals surface area contributed by atoms with Crippen LogP contribution in [0.1, 0.15) is 73.1 Å². The zero-order valence-electron chi connectivity index (χ0n) is 14.6. The Balaban J connectivity index is 3.78. The predicted octanol–water partition coefficient (Wildman–Crippen LogP) is 4.52. The molecule has 0 saturated carbocycles. The molecule has 120 valence electrons. The number of nitrogens with one attached hydrogen (secondary N) is 2. The molecule has 0 bridgehead atoms. The van der Waals surface area contributed by atoms with Crippen LogP contribution in [0.5, 0.6) is 0 Å². The van der Waals surface area contributed by atoms with Gasteiger partial charge in [-0.15, -0.1) is 0 Å². The van der Waals surface area contributed by atoms with Crippen molar-refractivity contribution in [2.24, 2.45) is 5.92 Å². The van der Waals surface area contributed by atoms with Gasteiger partial charge in [0.15, 0.2) is 0 Å². The van der Waals surface area contributed by atoms with Crippen LogP contribution in [-0.4, -0.2) is 25.7 Å². The predicted molar refractivity (Wildman–Crippen MR) is 92.3 cm³/mol. The second-order valence-corrected chi connectivity index (χ2v) is 6.21. The molecule has 2 heteroatoms. The molecule has 0 aliphatic carbocycles. The number of allylic oxidation sites excluding steroid dienone is 2. The van der Waals surface area contributed by atoms with E-state index in [-0.39, 0.29) is 0 Å². The molecule has 0 fully saturated rings. The minimum Gasteiger partial charge on any atom is -0.315 e. The SMILES string of the molecule is CC/C=C(\CCC)CCCNCC(CC(C)C)NCC. The molecule has 0 aliphatic rings. The van der Waals surface area contributed by atoms with Crippen molar-refractivity contribution in [3.05, 3.63) is 11.6 Å². The Bertz CT molecular complexity index is 234. The van der Waals surface area contributed by atoms with Crippen LogP contribution in [0.4, 0.5) is 0 Å². The smallest absolute Gasteiger partial charge is 0.0194 e. The van der Waals surface area contributed by atoms with Gasteiger partial charge in [0.05, 0.1) is 0 Å². The Morgan fingerprint density at radius 2 is 1.85 bits per heavy atom. The summed E-state index contributed by atoms with van der Waals surface area (Å²) in [6, 6.07) is 0.626. The molecule has 0 rings (SSSR count). The Morgan fingerprint density at radius 1 is 1.10 bits per heavy atom. The molecule has 0 aromatic carbocycles. The van der Waals surface area contributed by atoms with E-state index in [9.17, 15) is 0 Å². The van der Waals surface area contributed by atoms with Gasteiger partial charge in [0.25, 0.3) is 0 Å². The van der Waals surface area contributed by atoms with Crippen molar-refractivity contribution in [2.75, 3.05) is 19.6 Å². The van der Waals surface area contributed by atoms with Crippen molar-refractivity contribution in [2.45, 2.75) is 79.2 Å². The van der Waals surface area contributed by atoms with Gasteiger partial charge in [0.2, 0.25) is 0 Å². The minimum absolute atomic E-state index is 0.626. The second kappa shape index (κ2) is 13.6. The summed E-state index contributed by atoms with van der Waals surface area (Å²) in [4.78, 5) is 0. The quantitative estimate of drug-likeness (QED) is 0.383. The molecule has 2 N–H and O–H groups in total. The molecule has 0 aromatic heterocycles. The molecule has 0 aromatic rings. The third kappa shape index (κ3) is 11.5. The van der Waals surface area contributed by atoms with Gasteiger partial charge >= 0.3 is 0 Å². The van der Waals surface area contributed by atoms with Gasteiger partial charge in [-0.05, 0) is 51.1 Å². The molecular weight excluding hydrogens is 244 g/mol. The maximum Gasteiger partial charge on any atom is 0.0194 e. The molecule has 0 saturated heterocycles. The number of rotatable bonds is 13. The highest BCUT2D eigenvalue weighted by atomic mass is 15.0. The maximum atomic E-state index is 3.63. The zero-order valence-corrected chi connectivity index (χ0v) is 14.6. The Hall–Kier alpha value is -0.340. The van der Waals surface area contributed by atoms with Gasteiger partial charge in [-0.1, -0.05) is 52.7 Å². The first kappa shape index (κ1) is 19.7. The van der Waals surface area contributed by atoms with E-state index >= 15 is 0 Å². The fourth-order valence-corrected chi connectivity index (χ4v) is 2.75. The first-order valence-electron chi connectivity index (χ1n) is 8.75. The van der Waals surface area contributed by atoms with Gasteiger partial charge in [-0.25, -0.2) is 0 Å². The van der Waals surface area contributed by atoms with E-state index in [1.807, 2.05) is 0 Å². The van der Waals surface area contributed by atoms with Crippen molar-refractivity contribution >= 4 is 0 Å². The van der Waals surface area contributed by atoms with Gasteiger partial charge in [-0.3, -0.25) is 0 Å². The van der Waals surface area contributed by atoms with Gasteiger partial charge in [0.1, 0.15) is 0 Å². The summed E-state index contributed by atoms with van der Waals surface area (Å²) in [7, 11) is 0. The van der Waals surface area contributed by atoms with E-state index in [4.69, 9.17) is 0 Å². The average molecular weight is 283 g/mol. The van der Waals surface area contributed by atoms with E-state index in [2.05, 4.69) is 51.3 Å². The molecule has 2 nitrogen and oxygen atoms in total. The standard InChI is InChI=1S/C18H38N2/c1-6-10-17(11-7-2)12-9-13-19-15-18(20-8-3)14-16(4)5/h10,16,18-20H,6-9,11-15H2,1-5H3/b17-10+. The maximum absolute atomic E-state index is 3.63. The number of likely N-dealkylation sites (N-methyl/N-ethyl adjacent to an activating group) is 1. The molecule has 1 atom stereocenters. The second-order valence-electron chi connectivity index (χ2n) is 6.21. The summed E-state index contributed by atoms with van der Waals surface area (Å²) in [6.45, 7) is 14.6. The summed E-state index contributed by atoms with van der Waals surface area (Å²) in [5.41, 5.74) is 1.65. The summed E-state index contributed by atoms with van der Waals surface area (Å²) >= 11 is 0. The van der Waals surface area contributed by atoms with Gasteiger partial charge in [0, 0.05) is 12.6 Å². The Morgan fingerprint density at radius 3 is 2.40 bits per heavy atom. The van der Waals surface area contributed by atoms with Gasteiger partial charge in [-0.2, -0.15) is 0 Å². The summed E-state index contributed by atoms with van der Waals surface area (Å²) < 4.78 is 0. The summed E-state index contributed by atoms with van der Waals surface area (Å²) in [6.07, 6.45) is 9.95. The van der Waals surface area contributed by atoms with Crippen molar-refractivity contribution in [3.8, 4) is 0 Å². The largest absolute Gasteiger partial charge is 0.315 e. The first-order chi connectivity index (χ1) is 9.63. The highest BCUT2D eigenvalue weighted by Gasteiger charge is 2.08. The summed E-state index contributed by atoms with van der Waals surface area (Å²) in [5.74, 6) is 0.768. The average Bonchev–Trinajstić information content (AvgIpc) is 2.38. The van der Waals surface area contributed by atoms with Crippen LogP contribution in [0.25, 0.3) is 0 Å². The van der Waals surface area contributed by atoms with Crippen molar-refractivity contribution in [3.63, 3.8) is 0 Å². The van der Waals surface area contributed by atoms with Crippen LogP contribution in [0.2, 0.25) is 0 Å². The van der Waals surface area contributed by atoms with Crippen LogP contribution in [0.15, 0.2) is 11.6 Å². The van der Waals surface area contributed by atoms with E-state index in [0.29, 0.717) is 6.04 Å². The van der Waals surface area contributed by atoms with Gasteiger partial charge < -0.3 is 10.6 Å². The lowest BCUT2D eigenvalue weighted by molar-refractivity contribution is 0.404. The number of hydrogen-bond acceptors (Lipinski definition) is 2. The minimum atomic E-state index is 0.626.